The zero-order valence-electron chi connectivity index (χ0n) is 10.5. The molecule has 3 rings (SSSR count). The molecule has 2 aliphatic rings. The van der Waals surface area contributed by atoms with E-state index in [0.717, 1.165) is 18.7 Å². The lowest BCUT2D eigenvalue weighted by molar-refractivity contribution is 0.0298. The number of hydrogen-bond acceptors (Lipinski definition) is 4. The van der Waals surface area contributed by atoms with E-state index in [1.807, 2.05) is 6.21 Å². The maximum Gasteiger partial charge on any atom is 0.276 e. The van der Waals surface area contributed by atoms with E-state index in [1.165, 1.54) is 0 Å². The second-order valence-electron chi connectivity index (χ2n) is 4.55. The van der Waals surface area contributed by atoms with E-state index < -0.39 is 0 Å². The molecule has 3 heterocycles. The van der Waals surface area contributed by atoms with E-state index in [1.54, 1.807) is 9.58 Å². The normalized spacial score (nSPS) is 19.1. The average molecular weight is 283 g/mol. The van der Waals surface area contributed by atoms with Gasteiger partial charge in [-0.1, -0.05) is 11.6 Å². The van der Waals surface area contributed by atoms with Gasteiger partial charge in [-0.25, -0.2) is 0 Å². The number of fused-ring (bicyclic) bond motifs is 1. The van der Waals surface area contributed by atoms with Gasteiger partial charge in [0, 0.05) is 32.3 Å². The van der Waals surface area contributed by atoms with Crippen LogP contribution in [-0.4, -0.2) is 53.1 Å². The minimum atomic E-state index is -0.113. The monoisotopic (exact) mass is 282 g/mol. The van der Waals surface area contributed by atoms with Crippen LogP contribution in [0.5, 0.6) is 0 Å². The van der Waals surface area contributed by atoms with Gasteiger partial charge in [0.2, 0.25) is 0 Å². The number of hydrogen-bond donors (Lipinski definition) is 0. The number of morpholine rings is 1. The van der Waals surface area contributed by atoms with Gasteiger partial charge in [-0.3, -0.25) is 14.5 Å². The fourth-order valence-electron chi connectivity index (χ4n) is 2.29. The molecule has 1 fully saturated rings. The predicted octanol–water partition coefficient (Wildman–Crippen LogP) is 0.983. The van der Waals surface area contributed by atoms with E-state index in [0.29, 0.717) is 43.6 Å². The molecule has 1 saturated heterocycles. The zero-order valence-corrected chi connectivity index (χ0v) is 11.3. The van der Waals surface area contributed by atoms with Gasteiger partial charge in [0.25, 0.3) is 5.91 Å². The van der Waals surface area contributed by atoms with E-state index in [9.17, 15) is 4.79 Å². The number of ether oxygens (including phenoxy) is 1. The van der Waals surface area contributed by atoms with Crippen LogP contribution in [0.3, 0.4) is 0 Å². The van der Waals surface area contributed by atoms with Crippen LogP contribution in [0, 0.1) is 0 Å². The fourth-order valence-corrected chi connectivity index (χ4v) is 2.56. The van der Waals surface area contributed by atoms with Gasteiger partial charge in [-0.05, 0) is 0 Å². The maximum atomic E-state index is 12.4. The minimum absolute atomic E-state index is 0.113. The van der Waals surface area contributed by atoms with Gasteiger partial charge in [-0.2, -0.15) is 5.10 Å². The van der Waals surface area contributed by atoms with Crippen molar-refractivity contribution in [2.24, 2.45) is 4.99 Å². The molecule has 1 aromatic rings. The van der Waals surface area contributed by atoms with Crippen LogP contribution in [0.4, 0.5) is 0 Å². The highest BCUT2D eigenvalue weighted by Crippen LogP contribution is 2.24. The molecule has 0 saturated carbocycles. The Kier molecular flexibility index (Phi) is 3.52. The summed E-state index contributed by atoms with van der Waals surface area (Å²) in [6.07, 6.45) is 2.69. The summed E-state index contributed by atoms with van der Waals surface area (Å²) in [5.41, 5.74) is 1.17. The number of aliphatic imine (C=N–C) groups is 1. The van der Waals surface area contributed by atoms with E-state index in [2.05, 4.69) is 10.1 Å². The molecule has 0 N–H and O–H groups in total. The topological polar surface area (TPSA) is 59.7 Å². The number of carbonyl (C=O) groups is 1. The Morgan fingerprint density at radius 1 is 1.32 bits per heavy atom. The van der Waals surface area contributed by atoms with Crippen molar-refractivity contribution in [2.75, 3.05) is 26.3 Å². The summed E-state index contributed by atoms with van der Waals surface area (Å²) < 4.78 is 7.04. The van der Waals surface area contributed by atoms with Crippen LogP contribution in [0.25, 0.3) is 0 Å². The Hall–Kier alpha value is -1.40. The molecule has 7 heteroatoms. The molecule has 0 aromatic carbocycles. The zero-order chi connectivity index (χ0) is 13.2. The average Bonchev–Trinajstić information content (AvgIpc) is 2.64. The number of amides is 1. The summed E-state index contributed by atoms with van der Waals surface area (Å²) in [6, 6.07) is 0. The van der Waals surface area contributed by atoms with Crippen molar-refractivity contribution >= 4 is 23.7 Å². The summed E-state index contributed by atoms with van der Waals surface area (Å²) in [5.74, 6) is -0.113. The minimum Gasteiger partial charge on any atom is -0.378 e. The lowest BCUT2D eigenvalue weighted by Crippen LogP contribution is -2.41. The van der Waals surface area contributed by atoms with Crippen molar-refractivity contribution in [3.05, 3.63) is 16.4 Å². The quantitative estimate of drug-likeness (QED) is 0.772. The van der Waals surface area contributed by atoms with Crippen LogP contribution in [-0.2, 0) is 17.8 Å². The highest BCUT2D eigenvalue weighted by atomic mass is 35.5. The Morgan fingerprint density at radius 3 is 2.89 bits per heavy atom. The van der Waals surface area contributed by atoms with Crippen molar-refractivity contribution in [2.45, 2.75) is 19.5 Å². The largest absolute Gasteiger partial charge is 0.378 e. The molecule has 102 valence electrons. The molecule has 2 aliphatic heterocycles. The molecular weight excluding hydrogens is 268 g/mol. The van der Waals surface area contributed by atoms with Gasteiger partial charge in [0.05, 0.1) is 30.5 Å². The van der Waals surface area contributed by atoms with E-state index in [-0.39, 0.29) is 5.91 Å². The van der Waals surface area contributed by atoms with Crippen LogP contribution >= 0.6 is 11.6 Å². The van der Waals surface area contributed by atoms with Crippen molar-refractivity contribution < 1.29 is 9.53 Å². The smallest absolute Gasteiger partial charge is 0.276 e. The molecule has 0 aliphatic carbocycles. The summed E-state index contributed by atoms with van der Waals surface area (Å²) in [4.78, 5) is 18.4. The number of rotatable bonds is 1. The molecule has 6 nitrogen and oxygen atoms in total. The van der Waals surface area contributed by atoms with Crippen LogP contribution < -0.4 is 0 Å². The van der Waals surface area contributed by atoms with Crippen LogP contribution in [0.2, 0.25) is 5.02 Å². The van der Waals surface area contributed by atoms with Gasteiger partial charge in [0.1, 0.15) is 0 Å². The van der Waals surface area contributed by atoms with Crippen molar-refractivity contribution in [1.29, 1.82) is 0 Å². The molecule has 0 bridgehead atoms. The van der Waals surface area contributed by atoms with Gasteiger partial charge in [-0.15, -0.1) is 0 Å². The number of aromatic nitrogens is 2. The second kappa shape index (κ2) is 5.30. The third-order valence-corrected chi connectivity index (χ3v) is 3.73. The first-order valence-corrected chi connectivity index (χ1v) is 6.75. The second-order valence-corrected chi connectivity index (χ2v) is 4.93. The molecule has 0 unspecified atom stereocenters. The third-order valence-electron chi connectivity index (χ3n) is 3.33. The molecule has 0 atom stereocenters. The fraction of sp³-hybridized carbons (Fsp3) is 0.583. The SMILES string of the molecule is O=C(c1nn2c(c1Cl)CN=CCC2)N1CCOCC1. The molecule has 0 radical (unpaired) electrons. The van der Waals surface area contributed by atoms with Crippen molar-refractivity contribution in [3.63, 3.8) is 0 Å². The molecule has 19 heavy (non-hydrogen) atoms. The lowest BCUT2D eigenvalue weighted by atomic mass is 10.3. The maximum absolute atomic E-state index is 12.4. The molecule has 1 aromatic heterocycles. The van der Waals surface area contributed by atoms with Crippen molar-refractivity contribution in [1.82, 2.24) is 14.7 Å². The Labute approximate surface area is 116 Å². The number of halogens is 1. The highest BCUT2D eigenvalue weighted by molar-refractivity contribution is 6.34. The van der Waals surface area contributed by atoms with E-state index >= 15 is 0 Å². The first-order chi connectivity index (χ1) is 9.27. The molecular formula is C12H15ClN4O2. The Morgan fingerprint density at radius 2 is 2.11 bits per heavy atom. The summed E-state index contributed by atoms with van der Waals surface area (Å²) >= 11 is 6.29. The first-order valence-electron chi connectivity index (χ1n) is 6.38. The lowest BCUT2D eigenvalue weighted by Gasteiger charge is -2.26. The standard InChI is InChI=1S/C12H15ClN4O2/c13-10-9-8-14-2-1-3-17(9)15-11(10)12(18)16-4-6-19-7-5-16/h2H,1,3-8H2. The number of carbonyl (C=O) groups excluding carboxylic acids is 1. The Bertz CT molecular complexity index is 520. The van der Waals surface area contributed by atoms with Crippen LogP contribution in [0.15, 0.2) is 4.99 Å². The number of aryl methyl sites for hydroxylation is 1. The van der Waals surface area contributed by atoms with E-state index in [4.69, 9.17) is 16.3 Å². The third kappa shape index (κ3) is 2.37. The summed E-state index contributed by atoms with van der Waals surface area (Å²) in [7, 11) is 0. The molecule has 1 amide bonds. The number of nitrogens with zero attached hydrogens (tertiary/aromatic N) is 4. The van der Waals surface area contributed by atoms with Crippen molar-refractivity contribution in [3.8, 4) is 0 Å². The summed E-state index contributed by atoms with van der Waals surface area (Å²) in [5, 5.41) is 4.80. The van der Waals surface area contributed by atoms with Gasteiger partial charge >= 0.3 is 0 Å². The first kappa shape index (κ1) is 12.6. The van der Waals surface area contributed by atoms with Gasteiger partial charge < -0.3 is 9.64 Å². The molecule has 0 spiro atoms. The highest BCUT2D eigenvalue weighted by Gasteiger charge is 2.26. The summed E-state index contributed by atoms with van der Waals surface area (Å²) in [6.45, 7) is 3.53. The predicted molar refractivity (Wildman–Crippen MR) is 70.8 cm³/mol. The Balaban J connectivity index is 1.88. The van der Waals surface area contributed by atoms with Crippen LogP contribution in [0.1, 0.15) is 22.6 Å². The van der Waals surface area contributed by atoms with Gasteiger partial charge in [0.15, 0.2) is 5.69 Å².